The largest absolute Gasteiger partial charge is 0.455 e. The molecule has 8 aromatic carbocycles. The summed E-state index contributed by atoms with van der Waals surface area (Å²) in [5.41, 5.74) is 12.2. The van der Waals surface area contributed by atoms with Gasteiger partial charge in [-0.25, -0.2) is 0 Å². The molecule has 46 heavy (non-hydrogen) atoms. The van der Waals surface area contributed by atoms with E-state index in [4.69, 9.17) is 4.42 Å². The molecule has 0 atom stereocenters. The Morgan fingerprint density at radius 3 is 1.78 bits per heavy atom. The lowest BCUT2D eigenvalue weighted by atomic mass is 9.80. The van der Waals surface area contributed by atoms with Gasteiger partial charge in [0.25, 0.3) is 0 Å². The molecule has 0 unspecified atom stereocenters. The first kappa shape index (κ1) is 25.6. The summed E-state index contributed by atoms with van der Waals surface area (Å²) < 4.78 is 6.58. The van der Waals surface area contributed by atoms with E-state index in [1.54, 1.807) is 0 Å². The number of para-hydroxylation sites is 2. The van der Waals surface area contributed by atoms with E-state index < -0.39 is 0 Å². The second kappa shape index (κ2) is 9.19. The standard InChI is InChI=1S/C45H30O/c1-45(2)39-25-23-28(26-38(39)35-24-22-27-12-3-4-13-29(27)43(35)45)41-31-15-5-7-17-33(31)42(34-18-8-6-16-32(34)41)37-20-11-19-36-30-14-9-10-21-40(30)46-44(36)37/h3-26H,1-2H3. The Balaban J connectivity index is 1.28. The molecule has 1 heterocycles. The number of hydrogen-bond donors (Lipinski definition) is 0. The Morgan fingerprint density at radius 1 is 0.435 bits per heavy atom. The summed E-state index contributed by atoms with van der Waals surface area (Å²) >= 11 is 0. The smallest absolute Gasteiger partial charge is 0.143 e. The van der Waals surface area contributed by atoms with Crippen LogP contribution in [-0.4, -0.2) is 0 Å². The average Bonchev–Trinajstić information content (AvgIpc) is 3.59. The minimum atomic E-state index is -0.0800. The lowest BCUT2D eigenvalue weighted by Gasteiger charge is -2.23. The second-order valence-electron chi connectivity index (χ2n) is 13.2. The summed E-state index contributed by atoms with van der Waals surface area (Å²) in [6.45, 7) is 4.75. The van der Waals surface area contributed by atoms with Crippen LogP contribution >= 0.6 is 0 Å². The molecule has 1 aromatic heterocycles. The summed E-state index contributed by atoms with van der Waals surface area (Å²) in [5.74, 6) is 0. The van der Waals surface area contributed by atoms with Crippen molar-refractivity contribution in [2.45, 2.75) is 19.3 Å². The Bertz CT molecular complexity index is 2660. The van der Waals surface area contributed by atoms with Crippen LogP contribution in [0.3, 0.4) is 0 Å². The molecular weight excluding hydrogens is 556 g/mol. The van der Waals surface area contributed by atoms with Crippen LogP contribution in [0.1, 0.15) is 25.0 Å². The maximum atomic E-state index is 6.58. The van der Waals surface area contributed by atoms with Gasteiger partial charge in [-0.05, 0) is 77.8 Å². The summed E-state index contributed by atoms with van der Waals surface area (Å²) in [6.07, 6.45) is 0. The van der Waals surface area contributed by atoms with E-state index in [2.05, 4.69) is 153 Å². The molecule has 1 nitrogen and oxygen atoms in total. The van der Waals surface area contributed by atoms with Crippen LogP contribution in [0.15, 0.2) is 150 Å². The third-order valence-corrected chi connectivity index (χ3v) is 10.4. The predicted octanol–water partition coefficient (Wildman–Crippen LogP) is 12.7. The van der Waals surface area contributed by atoms with Crippen LogP contribution in [-0.2, 0) is 5.41 Å². The number of hydrogen-bond acceptors (Lipinski definition) is 1. The molecule has 0 fully saturated rings. The highest BCUT2D eigenvalue weighted by molar-refractivity contribution is 6.24. The minimum Gasteiger partial charge on any atom is -0.455 e. The highest BCUT2D eigenvalue weighted by atomic mass is 16.3. The Labute approximate surface area is 267 Å². The number of benzene rings is 8. The topological polar surface area (TPSA) is 13.1 Å². The van der Waals surface area contributed by atoms with Crippen molar-refractivity contribution < 1.29 is 4.42 Å². The van der Waals surface area contributed by atoms with E-state index in [0.717, 1.165) is 27.5 Å². The van der Waals surface area contributed by atoms with Gasteiger partial charge in [0.1, 0.15) is 11.2 Å². The maximum Gasteiger partial charge on any atom is 0.143 e. The fourth-order valence-corrected chi connectivity index (χ4v) is 8.45. The molecule has 0 bridgehead atoms. The average molecular weight is 587 g/mol. The molecule has 1 aliphatic rings. The lowest BCUT2D eigenvalue weighted by molar-refractivity contribution is 0.666. The molecule has 0 spiro atoms. The monoisotopic (exact) mass is 586 g/mol. The zero-order valence-electron chi connectivity index (χ0n) is 25.8. The van der Waals surface area contributed by atoms with E-state index in [0.29, 0.717) is 0 Å². The van der Waals surface area contributed by atoms with Crippen LogP contribution in [0.5, 0.6) is 0 Å². The minimum absolute atomic E-state index is 0.0800. The van der Waals surface area contributed by atoms with Crippen LogP contribution in [0.25, 0.3) is 87.6 Å². The summed E-state index contributed by atoms with van der Waals surface area (Å²) in [4.78, 5) is 0. The molecule has 9 aromatic rings. The van der Waals surface area contributed by atoms with Gasteiger partial charge in [-0.2, -0.15) is 0 Å². The van der Waals surface area contributed by atoms with Crippen LogP contribution in [0.2, 0.25) is 0 Å². The maximum absolute atomic E-state index is 6.58. The molecule has 0 N–H and O–H groups in total. The number of furan rings is 1. The van der Waals surface area contributed by atoms with Crippen molar-refractivity contribution in [3.63, 3.8) is 0 Å². The fourth-order valence-electron chi connectivity index (χ4n) is 8.45. The van der Waals surface area contributed by atoms with Gasteiger partial charge < -0.3 is 4.42 Å². The van der Waals surface area contributed by atoms with Crippen LogP contribution in [0, 0.1) is 0 Å². The van der Waals surface area contributed by atoms with E-state index in [1.165, 1.54) is 71.3 Å². The van der Waals surface area contributed by atoms with Crippen molar-refractivity contribution in [1.82, 2.24) is 0 Å². The molecule has 216 valence electrons. The second-order valence-corrected chi connectivity index (χ2v) is 13.2. The first-order valence-electron chi connectivity index (χ1n) is 16.1. The lowest BCUT2D eigenvalue weighted by Crippen LogP contribution is -2.15. The molecule has 0 saturated carbocycles. The molecule has 1 aliphatic carbocycles. The van der Waals surface area contributed by atoms with Gasteiger partial charge in [-0.15, -0.1) is 0 Å². The quantitative estimate of drug-likeness (QED) is 0.184. The Kier molecular flexibility index (Phi) is 5.12. The van der Waals surface area contributed by atoms with Gasteiger partial charge in [0.15, 0.2) is 0 Å². The van der Waals surface area contributed by atoms with Crippen molar-refractivity contribution in [3.05, 3.63) is 157 Å². The van der Waals surface area contributed by atoms with Gasteiger partial charge in [0.2, 0.25) is 0 Å². The van der Waals surface area contributed by atoms with Gasteiger partial charge in [-0.3, -0.25) is 0 Å². The van der Waals surface area contributed by atoms with Gasteiger partial charge in [-0.1, -0.05) is 147 Å². The third-order valence-electron chi connectivity index (χ3n) is 10.4. The van der Waals surface area contributed by atoms with Gasteiger partial charge in [0, 0.05) is 27.3 Å². The van der Waals surface area contributed by atoms with Gasteiger partial charge in [0.05, 0.1) is 0 Å². The zero-order chi connectivity index (χ0) is 30.6. The molecule has 0 amide bonds. The molecule has 0 saturated heterocycles. The van der Waals surface area contributed by atoms with Gasteiger partial charge >= 0.3 is 0 Å². The predicted molar refractivity (Wildman–Crippen MR) is 195 cm³/mol. The van der Waals surface area contributed by atoms with E-state index in [-0.39, 0.29) is 5.41 Å². The van der Waals surface area contributed by atoms with Crippen molar-refractivity contribution in [2.24, 2.45) is 0 Å². The van der Waals surface area contributed by atoms with Crippen LogP contribution < -0.4 is 0 Å². The number of fused-ring (bicyclic) bond motifs is 10. The molecular formula is C45H30O. The molecule has 0 aliphatic heterocycles. The van der Waals surface area contributed by atoms with Crippen molar-refractivity contribution in [3.8, 4) is 33.4 Å². The number of rotatable bonds is 2. The fraction of sp³-hybridized carbons (Fsp3) is 0.0667. The molecule has 10 rings (SSSR count). The normalized spacial score (nSPS) is 13.6. The Hall–Kier alpha value is -5.66. The highest BCUT2D eigenvalue weighted by Crippen LogP contribution is 2.53. The summed E-state index contributed by atoms with van der Waals surface area (Å²) in [5, 5.41) is 9.92. The highest BCUT2D eigenvalue weighted by Gasteiger charge is 2.37. The molecule has 0 radical (unpaired) electrons. The summed E-state index contributed by atoms with van der Waals surface area (Å²) in [6, 6.07) is 53.3. The van der Waals surface area contributed by atoms with Crippen molar-refractivity contribution >= 4 is 54.3 Å². The molecule has 1 heteroatoms. The van der Waals surface area contributed by atoms with E-state index in [1.807, 2.05) is 6.07 Å². The Morgan fingerprint density at radius 2 is 1.04 bits per heavy atom. The van der Waals surface area contributed by atoms with E-state index in [9.17, 15) is 0 Å². The zero-order valence-corrected chi connectivity index (χ0v) is 25.8. The first-order valence-corrected chi connectivity index (χ1v) is 16.1. The van der Waals surface area contributed by atoms with Crippen LogP contribution in [0.4, 0.5) is 0 Å². The van der Waals surface area contributed by atoms with Crippen molar-refractivity contribution in [1.29, 1.82) is 0 Å². The third kappa shape index (κ3) is 3.35. The van der Waals surface area contributed by atoms with E-state index >= 15 is 0 Å². The SMILES string of the molecule is CC1(C)c2ccc(-c3c4ccccc4c(-c4cccc5c4oc4ccccc45)c4ccccc34)cc2-c2ccc3ccccc3c21. The first-order chi connectivity index (χ1) is 22.6. The summed E-state index contributed by atoms with van der Waals surface area (Å²) in [7, 11) is 0. The van der Waals surface area contributed by atoms with Crippen molar-refractivity contribution in [2.75, 3.05) is 0 Å².